The van der Waals surface area contributed by atoms with E-state index in [2.05, 4.69) is 5.32 Å². The molecule has 0 aliphatic heterocycles. The number of methoxy groups -OCH3 is 2. The zero-order chi connectivity index (χ0) is 24.6. The largest absolute Gasteiger partial charge is 0.497 e. The SMILES string of the molecule is COc1ccc(N(CC(=O)NCCSCc2ccco2)S(=O)(=O)c2ccc(C)cc2)c(OC)c1. The molecule has 34 heavy (non-hydrogen) atoms. The topological polar surface area (TPSA) is 98.1 Å². The van der Waals surface area contributed by atoms with Crippen molar-refractivity contribution in [3.63, 3.8) is 0 Å². The molecule has 182 valence electrons. The predicted molar refractivity (Wildman–Crippen MR) is 133 cm³/mol. The molecule has 0 saturated carbocycles. The first kappa shape index (κ1) is 25.5. The normalized spacial score (nSPS) is 11.1. The van der Waals surface area contributed by atoms with E-state index in [4.69, 9.17) is 13.9 Å². The third kappa shape index (κ3) is 6.48. The molecule has 1 aromatic heterocycles. The van der Waals surface area contributed by atoms with Gasteiger partial charge in [0.05, 0.1) is 36.8 Å². The van der Waals surface area contributed by atoms with Crippen molar-refractivity contribution in [1.82, 2.24) is 5.32 Å². The lowest BCUT2D eigenvalue weighted by Gasteiger charge is -2.26. The number of furan rings is 1. The van der Waals surface area contributed by atoms with Crippen LogP contribution in [0.2, 0.25) is 0 Å². The maximum absolute atomic E-state index is 13.6. The molecule has 1 heterocycles. The summed E-state index contributed by atoms with van der Waals surface area (Å²) in [5.41, 5.74) is 1.17. The van der Waals surface area contributed by atoms with E-state index in [-0.39, 0.29) is 16.3 Å². The smallest absolute Gasteiger partial charge is 0.264 e. The second kappa shape index (κ2) is 11.8. The van der Waals surface area contributed by atoms with Crippen molar-refractivity contribution >= 4 is 33.4 Å². The Morgan fingerprint density at radius 2 is 1.85 bits per heavy atom. The molecule has 0 spiro atoms. The van der Waals surface area contributed by atoms with Crippen molar-refractivity contribution in [2.45, 2.75) is 17.6 Å². The highest BCUT2D eigenvalue weighted by atomic mass is 32.2. The molecule has 0 radical (unpaired) electrons. The maximum Gasteiger partial charge on any atom is 0.264 e. The molecule has 3 aromatic rings. The van der Waals surface area contributed by atoms with Crippen LogP contribution in [0, 0.1) is 6.92 Å². The van der Waals surface area contributed by atoms with Crippen molar-refractivity contribution in [2.75, 3.05) is 37.4 Å². The van der Waals surface area contributed by atoms with Crippen LogP contribution in [0.5, 0.6) is 11.5 Å². The summed E-state index contributed by atoms with van der Waals surface area (Å²) < 4.78 is 44.1. The van der Waals surface area contributed by atoms with Gasteiger partial charge in [-0.15, -0.1) is 0 Å². The fourth-order valence-electron chi connectivity index (χ4n) is 3.14. The number of thioether (sulfide) groups is 1. The zero-order valence-electron chi connectivity index (χ0n) is 19.3. The van der Waals surface area contributed by atoms with Gasteiger partial charge in [0.25, 0.3) is 10.0 Å². The number of carbonyl (C=O) groups is 1. The molecule has 0 aliphatic carbocycles. The van der Waals surface area contributed by atoms with E-state index >= 15 is 0 Å². The fourth-order valence-corrected chi connectivity index (χ4v) is 5.33. The molecule has 2 aromatic carbocycles. The Balaban J connectivity index is 1.78. The van der Waals surface area contributed by atoms with Crippen LogP contribution in [-0.4, -0.2) is 47.4 Å². The first-order chi connectivity index (χ1) is 16.3. The number of hydrogen-bond donors (Lipinski definition) is 1. The number of benzene rings is 2. The quantitative estimate of drug-likeness (QED) is 0.374. The minimum atomic E-state index is -4.05. The van der Waals surface area contributed by atoms with E-state index in [0.717, 1.165) is 15.6 Å². The summed E-state index contributed by atoms with van der Waals surface area (Å²) in [6, 6.07) is 15.0. The van der Waals surface area contributed by atoms with Crippen LogP contribution < -0.4 is 19.1 Å². The number of nitrogens with one attached hydrogen (secondary N) is 1. The fraction of sp³-hybridized carbons (Fsp3) is 0.292. The van der Waals surface area contributed by atoms with Gasteiger partial charge in [-0.1, -0.05) is 17.7 Å². The average molecular weight is 505 g/mol. The first-order valence-corrected chi connectivity index (χ1v) is 13.1. The van der Waals surface area contributed by atoms with E-state index in [0.29, 0.717) is 23.8 Å². The first-order valence-electron chi connectivity index (χ1n) is 10.5. The lowest BCUT2D eigenvalue weighted by atomic mass is 10.2. The Morgan fingerprint density at radius 3 is 2.50 bits per heavy atom. The third-order valence-electron chi connectivity index (χ3n) is 4.94. The van der Waals surface area contributed by atoms with Gasteiger partial charge in [0.15, 0.2) is 0 Å². The van der Waals surface area contributed by atoms with Crippen molar-refractivity contribution in [2.24, 2.45) is 0 Å². The maximum atomic E-state index is 13.6. The molecule has 0 saturated heterocycles. The van der Waals surface area contributed by atoms with E-state index in [9.17, 15) is 13.2 Å². The lowest BCUT2D eigenvalue weighted by Crippen LogP contribution is -2.41. The minimum Gasteiger partial charge on any atom is -0.497 e. The van der Waals surface area contributed by atoms with Crippen LogP contribution in [-0.2, 0) is 20.6 Å². The number of hydrogen-bond acceptors (Lipinski definition) is 7. The zero-order valence-corrected chi connectivity index (χ0v) is 20.9. The van der Waals surface area contributed by atoms with E-state index in [1.54, 1.807) is 48.4 Å². The Labute approximate surface area is 204 Å². The van der Waals surface area contributed by atoms with Crippen LogP contribution in [0.15, 0.2) is 70.2 Å². The molecule has 0 fully saturated rings. The van der Waals surface area contributed by atoms with Crippen LogP contribution in [0.4, 0.5) is 5.69 Å². The van der Waals surface area contributed by atoms with Gasteiger partial charge in [0.1, 0.15) is 23.8 Å². The standard InChI is InChI=1S/C24H28N2O6S2/c1-18-6-9-21(10-7-18)34(28,29)26(22-11-8-19(30-2)15-23(22)31-3)16-24(27)25-12-14-33-17-20-5-4-13-32-20/h4-11,13,15H,12,14,16-17H2,1-3H3,(H,25,27). The summed E-state index contributed by atoms with van der Waals surface area (Å²) in [5, 5.41) is 2.79. The van der Waals surface area contributed by atoms with Crippen LogP contribution in [0.25, 0.3) is 0 Å². The number of aryl methyl sites for hydroxylation is 1. The molecule has 1 amide bonds. The Morgan fingerprint density at radius 1 is 1.09 bits per heavy atom. The highest BCUT2D eigenvalue weighted by Gasteiger charge is 2.29. The van der Waals surface area contributed by atoms with Crippen LogP contribution >= 0.6 is 11.8 Å². The van der Waals surface area contributed by atoms with E-state index in [1.807, 2.05) is 19.1 Å². The Kier molecular flexibility index (Phi) is 8.89. The summed E-state index contributed by atoms with van der Waals surface area (Å²) in [5.74, 6) is 2.57. The van der Waals surface area contributed by atoms with Gasteiger partial charge in [-0.25, -0.2) is 8.42 Å². The molecule has 0 unspecified atom stereocenters. The minimum absolute atomic E-state index is 0.0813. The van der Waals surface area contributed by atoms with Crippen molar-refractivity contribution < 1.29 is 27.1 Å². The van der Waals surface area contributed by atoms with Gasteiger partial charge in [-0.3, -0.25) is 9.10 Å². The Hall–Kier alpha value is -3.11. The molecule has 0 aliphatic rings. The summed E-state index contributed by atoms with van der Waals surface area (Å²) in [6.45, 7) is 1.86. The predicted octanol–water partition coefficient (Wildman–Crippen LogP) is 3.85. The molecular weight excluding hydrogens is 476 g/mol. The average Bonchev–Trinajstić information content (AvgIpc) is 3.35. The van der Waals surface area contributed by atoms with Gasteiger partial charge in [-0.05, 0) is 43.3 Å². The van der Waals surface area contributed by atoms with Crippen molar-refractivity contribution in [3.8, 4) is 11.5 Å². The number of amides is 1. The summed E-state index contributed by atoms with van der Waals surface area (Å²) >= 11 is 1.61. The van der Waals surface area contributed by atoms with E-state index in [1.165, 1.54) is 26.4 Å². The molecule has 3 rings (SSSR count). The van der Waals surface area contributed by atoms with Gasteiger partial charge < -0.3 is 19.2 Å². The molecule has 8 nitrogen and oxygen atoms in total. The van der Waals surface area contributed by atoms with Gasteiger partial charge in [-0.2, -0.15) is 11.8 Å². The van der Waals surface area contributed by atoms with Gasteiger partial charge >= 0.3 is 0 Å². The highest BCUT2D eigenvalue weighted by molar-refractivity contribution is 7.98. The molecule has 0 bridgehead atoms. The number of carbonyl (C=O) groups excluding carboxylic acids is 1. The second-order valence-corrected chi connectivity index (χ2v) is 10.3. The van der Waals surface area contributed by atoms with Crippen LogP contribution in [0.1, 0.15) is 11.3 Å². The number of sulfonamides is 1. The molecule has 1 N–H and O–H groups in total. The summed E-state index contributed by atoms with van der Waals surface area (Å²) in [7, 11) is -1.11. The van der Waals surface area contributed by atoms with Gasteiger partial charge in [0.2, 0.25) is 5.91 Å². The van der Waals surface area contributed by atoms with E-state index < -0.39 is 22.5 Å². The number of anilines is 1. The Bertz CT molecular complexity index is 1180. The highest BCUT2D eigenvalue weighted by Crippen LogP contribution is 2.35. The van der Waals surface area contributed by atoms with Gasteiger partial charge in [0, 0.05) is 18.4 Å². The lowest BCUT2D eigenvalue weighted by molar-refractivity contribution is -0.119. The summed E-state index contributed by atoms with van der Waals surface area (Å²) in [4.78, 5) is 12.8. The van der Waals surface area contributed by atoms with Crippen molar-refractivity contribution in [1.29, 1.82) is 0 Å². The molecule has 0 atom stereocenters. The summed E-state index contributed by atoms with van der Waals surface area (Å²) in [6.07, 6.45) is 1.62. The molecule has 10 heteroatoms. The number of rotatable bonds is 12. The van der Waals surface area contributed by atoms with Crippen molar-refractivity contribution in [3.05, 3.63) is 72.2 Å². The van der Waals surface area contributed by atoms with Crippen LogP contribution in [0.3, 0.4) is 0 Å². The molecular formula is C24H28N2O6S2. The second-order valence-electron chi connectivity index (χ2n) is 7.34. The number of ether oxygens (including phenoxy) is 2. The monoisotopic (exact) mass is 504 g/mol. The third-order valence-corrected chi connectivity index (χ3v) is 7.70. The number of nitrogens with zero attached hydrogens (tertiary/aromatic N) is 1.